The van der Waals surface area contributed by atoms with E-state index < -0.39 is 0 Å². The van der Waals surface area contributed by atoms with Crippen LogP contribution in [0.2, 0.25) is 0 Å². The Hall–Kier alpha value is -1.99. The number of phenolic OH excluding ortho intramolecular Hbond substituents is 1. The van der Waals surface area contributed by atoms with Crippen LogP contribution in [0.25, 0.3) is 0 Å². The van der Waals surface area contributed by atoms with Crippen molar-refractivity contribution < 1.29 is 14.6 Å². The predicted octanol–water partition coefficient (Wildman–Crippen LogP) is 0.784. The molecule has 0 saturated heterocycles. The van der Waals surface area contributed by atoms with Crippen LogP contribution in [-0.2, 0) is 0 Å². The molecule has 0 heterocycles. The second-order valence-electron chi connectivity index (χ2n) is 3.03. The first-order valence-corrected chi connectivity index (χ1v) is 4.73. The summed E-state index contributed by atoms with van der Waals surface area (Å²) >= 11 is 0. The van der Waals surface area contributed by atoms with E-state index in [0.29, 0.717) is 29.7 Å². The van der Waals surface area contributed by atoms with Gasteiger partial charge in [0.2, 0.25) is 0 Å². The average Bonchev–Trinajstić information content (AvgIpc) is 2.31. The third-order valence-electron chi connectivity index (χ3n) is 2.00. The summed E-state index contributed by atoms with van der Waals surface area (Å²) in [6.45, 7) is 0.481. The molecule has 1 rings (SSSR count). The van der Waals surface area contributed by atoms with Crippen LogP contribution in [0.1, 0.15) is 15.9 Å². The van der Waals surface area contributed by atoms with E-state index in [2.05, 4.69) is 17.2 Å². The van der Waals surface area contributed by atoms with Crippen LogP contribution in [0.5, 0.6) is 11.5 Å². The van der Waals surface area contributed by atoms with Gasteiger partial charge >= 0.3 is 0 Å². The molecule has 0 saturated carbocycles. The SMILES string of the molecule is CNCC#Cc1c(C=O)ccc(OC)c1O. The number of nitrogens with one attached hydrogen (secondary N) is 1. The van der Waals surface area contributed by atoms with Crippen LogP contribution in [0.4, 0.5) is 0 Å². The Kier molecular flexibility index (Phi) is 4.37. The molecule has 84 valence electrons. The van der Waals surface area contributed by atoms with Crippen molar-refractivity contribution in [2.45, 2.75) is 0 Å². The van der Waals surface area contributed by atoms with Crippen LogP contribution in [0.3, 0.4) is 0 Å². The summed E-state index contributed by atoms with van der Waals surface area (Å²) in [5.41, 5.74) is 0.645. The highest BCUT2D eigenvalue weighted by Gasteiger charge is 2.10. The molecule has 0 bridgehead atoms. The Morgan fingerprint density at radius 1 is 1.56 bits per heavy atom. The Bertz CT molecular complexity index is 444. The molecule has 0 aliphatic rings. The van der Waals surface area contributed by atoms with E-state index in [-0.39, 0.29) is 5.75 Å². The summed E-state index contributed by atoms with van der Waals surface area (Å²) in [4.78, 5) is 10.8. The van der Waals surface area contributed by atoms with E-state index in [1.807, 2.05) is 0 Å². The van der Waals surface area contributed by atoms with Gasteiger partial charge in [0.15, 0.2) is 17.8 Å². The largest absolute Gasteiger partial charge is 0.503 e. The van der Waals surface area contributed by atoms with Crippen molar-refractivity contribution in [3.8, 4) is 23.3 Å². The van der Waals surface area contributed by atoms with Crippen LogP contribution >= 0.6 is 0 Å². The molecular weight excluding hydrogens is 206 g/mol. The molecule has 0 atom stereocenters. The lowest BCUT2D eigenvalue weighted by molar-refractivity contribution is 0.112. The molecule has 0 radical (unpaired) electrons. The molecular formula is C12H13NO3. The van der Waals surface area contributed by atoms with E-state index in [1.165, 1.54) is 13.2 Å². The van der Waals surface area contributed by atoms with Crippen molar-refractivity contribution >= 4 is 6.29 Å². The predicted molar refractivity (Wildman–Crippen MR) is 60.9 cm³/mol. The third-order valence-corrected chi connectivity index (χ3v) is 2.00. The summed E-state index contributed by atoms with van der Waals surface area (Å²) < 4.78 is 4.94. The zero-order valence-electron chi connectivity index (χ0n) is 9.20. The van der Waals surface area contributed by atoms with Gasteiger partial charge in [-0.2, -0.15) is 0 Å². The number of benzene rings is 1. The fraction of sp³-hybridized carbons (Fsp3) is 0.250. The Balaban J connectivity index is 3.22. The maximum absolute atomic E-state index is 10.8. The van der Waals surface area contributed by atoms with Crippen molar-refractivity contribution in [2.24, 2.45) is 0 Å². The lowest BCUT2D eigenvalue weighted by atomic mass is 10.1. The van der Waals surface area contributed by atoms with E-state index in [9.17, 15) is 9.90 Å². The van der Waals surface area contributed by atoms with Gasteiger partial charge in [-0.1, -0.05) is 11.8 Å². The van der Waals surface area contributed by atoms with Gasteiger partial charge in [0.25, 0.3) is 0 Å². The normalized spacial score (nSPS) is 9.12. The molecule has 0 spiro atoms. The number of phenols is 1. The van der Waals surface area contributed by atoms with Gasteiger partial charge < -0.3 is 15.2 Å². The number of aromatic hydroxyl groups is 1. The van der Waals surface area contributed by atoms with Crippen molar-refractivity contribution in [1.29, 1.82) is 0 Å². The Morgan fingerprint density at radius 3 is 2.88 bits per heavy atom. The van der Waals surface area contributed by atoms with E-state index >= 15 is 0 Å². The second-order valence-corrected chi connectivity index (χ2v) is 3.03. The van der Waals surface area contributed by atoms with Gasteiger partial charge in [-0.15, -0.1) is 0 Å². The van der Waals surface area contributed by atoms with Crippen LogP contribution < -0.4 is 10.1 Å². The van der Waals surface area contributed by atoms with Crippen molar-refractivity contribution in [1.82, 2.24) is 5.32 Å². The number of rotatable bonds is 3. The number of hydrogen-bond acceptors (Lipinski definition) is 4. The molecule has 0 unspecified atom stereocenters. The van der Waals surface area contributed by atoms with Crippen LogP contribution in [0, 0.1) is 11.8 Å². The Labute approximate surface area is 94.2 Å². The third kappa shape index (κ3) is 2.53. The summed E-state index contributed by atoms with van der Waals surface area (Å²) in [6.07, 6.45) is 0.655. The average molecular weight is 219 g/mol. The summed E-state index contributed by atoms with van der Waals surface area (Å²) in [5, 5.41) is 12.6. The number of hydrogen-bond donors (Lipinski definition) is 2. The number of carbonyl (C=O) groups is 1. The highest BCUT2D eigenvalue weighted by atomic mass is 16.5. The van der Waals surface area contributed by atoms with Gasteiger partial charge in [0.05, 0.1) is 19.2 Å². The topological polar surface area (TPSA) is 58.6 Å². The van der Waals surface area contributed by atoms with Gasteiger partial charge in [0.1, 0.15) is 0 Å². The zero-order valence-corrected chi connectivity index (χ0v) is 9.20. The maximum atomic E-state index is 10.8. The molecule has 4 nitrogen and oxygen atoms in total. The van der Waals surface area contributed by atoms with Crippen molar-refractivity contribution in [3.05, 3.63) is 23.3 Å². The molecule has 0 aliphatic carbocycles. The van der Waals surface area contributed by atoms with Crippen LogP contribution in [-0.4, -0.2) is 32.1 Å². The monoisotopic (exact) mass is 219 g/mol. The number of ether oxygens (including phenoxy) is 1. The summed E-state index contributed by atoms with van der Waals surface area (Å²) in [7, 11) is 3.21. The lowest BCUT2D eigenvalue weighted by Crippen LogP contribution is -2.04. The van der Waals surface area contributed by atoms with Gasteiger partial charge in [0, 0.05) is 5.56 Å². The molecule has 0 fully saturated rings. The molecule has 1 aromatic rings. The molecule has 0 amide bonds. The molecule has 4 heteroatoms. The van der Waals surface area contributed by atoms with E-state index in [0.717, 1.165) is 0 Å². The Morgan fingerprint density at radius 2 is 2.31 bits per heavy atom. The van der Waals surface area contributed by atoms with E-state index in [4.69, 9.17) is 4.74 Å². The fourth-order valence-electron chi connectivity index (χ4n) is 1.20. The molecule has 0 aromatic heterocycles. The highest BCUT2D eigenvalue weighted by molar-refractivity contribution is 5.82. The minimum absolute atomic E-state index is 0.101. The van der Waals surface area contributed by atoms with Gasteiger partial charge in [-0.3, -0.25) is 4.79 Å². The van der Waals surface area contributed by atoms with Crippen LogP contribution in [0.15, 0.2) is 12.1 Å². The smallest absolute Gasteiger partial charge is 0.174 e. The molecule has 1 aromatic carbocycles. The molecule has 16 heavy (non-hydrogen) atoms. The number of methoxy groups -OCH3 is 1. The standard InChI is InChI=1S/C12H13NO3/c1-13-7-3-4-10-9(8-14)5-6-11(16-2)12(10)15/h5-6,8,13,15H,7H2,1-2H3. The first kappa shape index (κ1) is 12.1. The molecule has 2 N–H and O–H groups in total. The number of aldehydes is 1. The zero-order chi connectivity index (χ0) is 12.0. The minimum Gasteiger partial charge on any atom is -0.503 e. The summed E-state index contributed by atoms with van der Waals surface area (Å²) in [6, 6.07) is 3.09. The number of carbonyl (C=O) groups excluding carboxylic acids is 1. The van der Waals surface area contributed by atoms with Gasteiger partial charge in [-0.25, -0.2) is 0 Å². The summed E-state index contributed by atoms with van der Waals surface area (Å²) in [5.74, 6) is 5.72. The van der Waals surface area contributed by atoms with Gasteiger partial charge in [-0.05, 0) is 19.2 Å². The quantitative estimate of drug-likeness (QED) is 0.582. The second kappa shape index (κ2) is 5.79. The highest BCUT2D eigenvalue weighted by Crippen LogP contribution is 2.30. The van der Waals surface area contributed by atoms with Crippen molar-refractivity contribution in [3.63, 3.8) is 0 Å². The minimum atomic E-state index is -0.101. The first-order valence-electron chi connectivity index (χ1n) is 4.73. The first-order chi connectivity index (χ1) is 7.74. The molecule has 0 aliphatic heterocycles. The fourth-order valence-corrected chi connectivity index (χ4v) is 1.20. The lowest BCUT2D eigenvalue weighted by Gasteiger charge is -2.06. The van der Waals surface area contributed by atoms with E-state index in [1.54, 1.807) is 13.1 Å². The maximum Gasteiger partial charge on any atom is 0.174 e. The van der Waals surface area contributed by atoms with Crippen molar-refractivity contribution in [2.75, 3.05) is 20.7 Å².